The minimum absolute atomic E-state index is 0.117. The van der Waals surface area contributed by atoms with Gasteiger partial charge in [0.15, 0.2) is 11.5 Å². The maximum atomic E-state index is 13.5. The second kappa shape index (κ2) is 6.83. The topological polar surface area (TPSA) is 55.1 Å². The Kier molecular flexibility index (Phi) is 4.62. The van der Waals surface area contributed by atoms with Crippen molar-refractivity contribution in [3.05, 3.63) is 54.2 Å². The molecule has 0 aliphatic carbocycles. The molecule has 0 unspecified atom stereocenters. The van der Waals surface area contributed by atoms with Crippen molar-refractivity contribution in [2.75, 3.05) is 11.1 Å². The van der Waals surface area contributed by atoms with Crippen LogP contribution in [0.15, 0.2) is 51.8 Å². The third kappa shape index (κ3) is 3.90. The zero-order valence-corrected chi connectivity index (χ0v) is 13.3. The van der Waals surface area contributed by atoms with Crippen molar-refractivity contribution in [2.45, 2.75) is 18.2 Å². The molecule has 1 aromatic heterocycles. The van der Waals surface area contributed by atoms with Crippen LogP contribution < -0.4 is 5.32 Å². The van der Waals surface area contributed by atoms with Crippen LogP contribution in [0, 0.1) is 12.7 Å². The van der Waals surface area contributed by atoms with Crippen LogP contribution in [-0.2, 0) is 4.79 Å². The Labute approximate surface area is 137 Å². The highest BCUT2D eigenvalue weighted by atomic mass is 32.2. The molecule has 3 aromatic rings. The molecule has 0 fully saturated rings. The number of carbonyl (C=O) groups excluding carboxylic acids is 1. The first-order valence-electron chi connectivity index (χ1n) is 7.16. The van der Waals surface area contributed by atoms with E-state index in [9.17, 15) is 9.18 Å². The van der Waals surface area contributed by atoms with Gasteiger partial charge in [-0.05, 0) is 30.3 Å². The van der Waals surface area contributed by atoms with Gasteiger partial charge in [0.05, 0.1) is 0 Å². The van der Waals surface area contributed by atoms with Crippen molar-refractivity contribution < 1.29 is 13.6 Å². The second-order valence-corrected chi connectivity index (χ2v) is 6.13. The maximum Gasteiger partial charge on any atom is 0.225 e. The molecular weight excluding hydrogens is 315 g/mol. The fourth-order valence-corrected chi connectivity index (χ4v) is 3.05. The van der Waals surface area contributed by atoms with Gasteiger partial charge in [-0.3, -0.25) is 4.79 Å². The lowest BCUT2D eigenvalue weighted by Gasteiger charge is -2.05. The Morgan fingerprint density at radius 1 is 1.30 bits per heavy atom. The number of carbonyl (C=O) groups is 1. The number of hydrogen-bond acceptors (Lipinski definition) is 4. The van der Waals surface area contributed by atoms with E-state index < -0.39 is 0 Å². The van der Waals surface area contributed by atoms with Crippen LogP contribution >= 0.6 is 11.8 Å². The van der Waals surface area contributed by atoms with Crippen molar-refractivity contribution in [1.29, 1.82) is 0 Å². The van der Waals surface area contributed by atoms with Crippen molar-refractivity contribution >= 4 is 34.5 Å². The summed E-state index contributed by atoms with van der Waals surface area (Å²) in [6, 6.07) is 11.9. The molecule has 1 N–H and O–H groups in total. The van der Waals surface area contributed by atoms with Crippen LogP contribution in [0.4, 0.5) is 10.1 Å². The zero-order valence-electron chi connectivity index (χ0n) is 12.5. The van der Waals surface area contributed by atoms with E-state index >= 15 is 0 Å². The normalized spacial score (nSPS) is 10.9. The smallest absolute Gasteiger partial charge is 0.225 e. The highest BCUT2D eigenvalue weighted by Gasteiger charge is 2.07. The average Bonchev–Trinajstić information content (AvgIpc) is 2.88. The molecule has 3 rings (SSSR count). The van der Waals surface area contributed by atoms with Gasteiger partial charge < -0.3 is 9.73 Å². The minimum atomic E-state index is -0.259. The molecular formula is C17H15FN2O2S. The number of thioether (sulfide) groups is 1. The molecule has 0 aliphatic heterocycles. The Balaban J connectivity index is 1.55. The van der Waals surface area contributed by atoms with E-state index in [0.717, 1.165) is 0 Å². The van der Waals surface area contributed by atoms with Crippen LogP contribution in [0.25, 0.3) is 11.1 Å². The van der Waals surface area contributed by atoms with E-state index in [1.165, 1.54) is 17.8 Å². The van der Waals surface area contributed by atoms with Gasteiger partial charge in [0, 0.05) is 29.7 Å². The average molecular weight is 330 g/mol. The van der Waals surface area contributed by atoms with Crippen LogP contribution in [0.3, 0.4) is 0 Å². The first-order chi connectivity index (χ1) is 11.1. The van der Waals surface area contributed by atoms with Gasteiger partial charge in [-0.25, -0.2) is 9.37 Å². The third-order valence-corrected chi connectivity index (χ3v) is 4.25. The number of halogens is 1. The first-order valence-corrected chi connectivity index (χ1v) is 8.15. The van der Waals surface area contributed by atoms with Crippen LogP contribution in [0.1, 0.15) is 12.3 Å². The van der Waals surface area contributed by atoms with E-state index in [4.69, 9.17) is 4.42 Å². The van der Waals surface area contributed by atoms with Crippen molar-refractivity contribution in [2.24, 2.45) is 0 Å². The first kappa shape index (κ1) is 15.6. The number of nitrogens with zero attached hydrogens (tertiary/aromatic N) is 1. The Bertz CT molecular complexity index is 847. The van der Waals surface area contributed by atoms with E-state index in [0.29, 0.717) is 39.7 Å². The largest absolute Gasteiger partial charge is 0.441 e. The van der Waals surface area contributed by atoms with Crippen LogP contribution in [-0.4, -0.2) is 16.6 Å². The van der Waals surface area contributed by atoms with Crippen molar-refractivity contribution in [3.8, 4) is 0 Å². The molecule has 4 nitrogen and oxygen atoms in total. The quantitative estimate of drug-likeness (QED) is 0.705. The molecule has 23 heavy (non-hydrogen) atoms. The molecule has 1 heterocycles. The summed E-state index contributed by atoms with van der Waals surface area (Å²) in [5, 5.41) is 2.82. The summed E-state index contributed by atoms with van der Waals surface area (Å²) in [4.78, 5) is 16.8. The Morgan fingerprint density at radius 3 is 2.96 bits per heavy atom. The lowest BCUT2D eigenvalue weighted by atomic mass is 10.3. The summed E-state index contributed by atoms with van der Waals surface area (Å²) in [5.41, 5.74) is 2.07. The summed E-state index contributed by atoms with van der Waals surface area (Å²) in [6.45, 7) is 1.78. The van der Waals surface area contributed by atoms with E-state index in [1.54, 1.807) is 43.3 Å². The molecule has 0 saturated carbocycles. The number of amides is 1. The van der Waals surface area contributed by atoms with Gasteiger partial charge in [0.1, 0.15) is 11.3 Å². The lowest BCUT2D eigenvalue weighted by Crippen LogP contribution is -2.12. The number of rotatable bonds is 5. The number of hydrogen-bond donors (Lipinski definition) is 1. The second-order valence-electron chi connectivity index (χ2n) is 4.99. The number of fused-ring (bicyclic) bond motifs is 1. The highest BCUT2D eigenvalue weighted by Crippen LogP contribution is 2.23. The van der Waals surface area contributed by atoms with Crippen molar-refractivity contribution in [1.82, 2.24) is 4.98 Å². The summed E-state index contributed by atoms with van der Waals surface area (Å²) < 4.78 is 18.9. The van der Waals surface area contributed by atoms with Gasteiger partial charge in [0.2, 0.25) is 5.91 Å². The number of anilines is 1. The van der Waals surface area contributed by atoms with Gasteiger partial charge in [-0.15, -0.1) is 11.8 Å². The monoisotopic (exact) mass is 330 g/mol. The molecule has 0 aliphatic rings. The Morgan fingerprint density at radius 2 is 2.13 bits per heavy atom. The zero-order chi connectivity index (χ0) is 16.2. The predicted molar refractivity (Wildman–Crippen MR) is 89.1 cm³/mol. The molecule has 2 aromatic carbocycles. The minimum Gasteiger partial charge on any atom is -0.441 e. The molecule has 0 bridgehead atoms. The SMILES string of the molecule is Cc1nc2cc(NC(=O)CCSc3ccccc3F)ccc2o1. The van der Waals surface area contributed by atoms with Gasteiger partial charge >= 0.3 is 0 Å². The molecule has 0 spiro atoms. The van der Waals surface area contributed by atoms with E-state index in [-0.39, 0.29) is 11.7 Å². The van der Waals surface area contributed by atoms with Gasteiger partial charge in [-0.1, -0.05) is 12.1 Å². The van der Waals surface area contributed by atoms with Gasteiger partial charge in [0.25, 0.3) is 0 Å². The summed E-state index contributed by atoms with van der Waals surface area (Å²) in [5.74, 6) is 0.723. The maximum absolute atomic E-state index is 13.5. The molecule has 0 saturated heterocycles. The number of aryl methyl sites for hydroxylation is 1. The Hall–Kier alpha value is -2.34. The molecule has 118 valence electrons. The lowest BCUT2D eigenvalue weighted by molar-refractivity contribution is -0.115. The molecule has 1 amide bonds. The summed E-state index contributed by atoms with van der Waals surface area (Å²) in [6.07, 6.45) is 0.300. The summed E-state index contributed by atoms with van der Waals surface area (Å²) in [7, 11) is 0. The number of oxazole rings is 1. The highest BCUT2D eigenvalue weighted by molar-refractivity contribution is 7.99. The van der Waals surface area contributed by atoms with Crippen LogP contribution in [0.2, 0.25) is 0 Å². The van der Waals surface area contributed by atoms with E-state index in [2.05, 4.69) is 10.3 Å². The standard InChI is InChI=1S/C17H15FN2O2S/c1-11-19-14-10-12(6-7-15(14)22-11)20-17(21)8-9-23-16-5-3-2-4-13(16)18/h2-7,10H,8-9H2,1H3,(H,20,21). The summed E-state index contributed by atoms with van der Waals surface area (Å²) >= 11 is 1.33. The van der Waals surface area contributed by atoms with Gasteiger partial charge in [-0.2, -0.15) is 0 Å². The molecule has 0 atom stereocenters. The number of aromatic nitrogens is 1. The molecule has 0 radical (unpaired) electrons. The predicted octanol–water partition coefficient (Wildman–Crippen LogP) is 4.40. The van der Waals surface area contributed by atoms with Crippen molar-refractivity contribution in [3.63, 3.8) is 0 Å². The third-order valence-electron chi connectivity index (χ3n) is 3.20. The fourth-order valence-electron chi connectivity index (χ4n) is 2.16. The number of benzene rings is 2. The molecule has 6 heteroatoms. The number of nitrogens with one attached hydrogen (secondary N) is 1. The van der Waals surface area contributed by atoms with E-state index in [1.807, 2.05) is 0 Å². The fraction of sp³-hybridized carbons (Fsp3) is 0.176. The van der Waals surface area contributed by atoms with Crippen LogP contribution in [0.5, 0.6) is 0 Å².